The molecule has 0 amide bonds. The standard InChI is InChI=1S/C13H27BPSi2/c1-16(2,3)13(17(4,5)6)15(14)12-10-8-7-9-11-12/h7-11,13H,1-6,14H3/q-1. The Bertz CT molecular complexity index is 340. The van der Waals surface area contributed by atoms with Gasteiger partial charge < -0.3 is 0 Å². The van der Waals surface area contributed by atoms with E-state index in [4.69, 9.17) is 0 Å². The highest BCUT2D eigenvalue weighted by Crippen LogP contribution is 2.44. The second-order valence-corrected chi connectivity index (χ2v) is 20.1. The van der Waals surface area contributed by atoms with E-state index in [1.165, 1.54) is 0 Å². The largest absolute Gasteiger partial charge is 0.259 e. The van der Waals surface area contributed by atoms with Crippen LogP contribution in [0.15, 0.2) is 30.3 Å². The fourth-order valence-electron chi connectivity index (χ4n) is 2.35. The van der Waals surface area contributed by atoms with Gasteiger partial charge in [0.15, 0.2) is 0 Å². The van der Waals surface area contributed by atoms with E-state index in [2.05, 4.69) is 69.6 Å². The van der Waals surface area contributed by atoms with Gasteiger partial charge >= 0.3 is 0 Å². The van der Waals surface area contributed by atoms with Gasteiger partial charge in [-0.25, -0.2) is 0 Å². The first kappa shape index (κ1) is 15.2. The van der Waals surface area contributed by atoms with Crippen molar-refractivity contribution in [3.05, 3.63) is 30.3 Å². The molecule has 0 spiro atoms. The summed E-state index contributed by atoms with van der Waals surface area (Å²) in [5.74, 6) is 0. The van der Waals surface area contributed by atoms with Gasteiger partial charge in [0.05, 0.1) is 0 Å². The summed E-state index contributed by atoms with van der Waals surface area (Å²) in [7, 11) is -1.34. The minimum absolute atomic E-state index is 0.258. The molecule has 1 unspecified atom stereocenters. The maximum absolute atomic E-state index is 2.59. The van der Waals surface area contributed by atoms with E-state index >= 15 is 0 Å². The van der Waals surface area contributed by atoms with Gasteiger partial charge in [-0.05, 0) is 7.57 Å². The van der Waals surface area contributed by atoms with Gasteiger partial charge in [-0.3, -0.25) is 7.80 Å². The van der Waals surface area contributed by atoms with Crippen LogP contribution < -0.4 is 5.30 Å². The van der Waals surface area contributed by atoms with Gasteiger partial charge in [-0.15, -0.1) is 0 Å². The molecule has 0 fully saturated rings. The van der Waals surface area contributed by atoms with E-state index in [9.17, 15) is 0 Å². The summed E-state index contributed by atoms with van der Waals surface area (Å²) in [6.45, 7) is 15.6. The third-order valence-corrected chi connectivity index (χ3v) is 17.4. The van der Waals surface area contributed by atoms with Gasteiger partial charge in [0.1, 0.15) is 0 Å². The number of benzene rings is 1. The molecule has 0 saturated heterocycles. The predicted molar refractivity (Wildman–Crippen MR) is 93.4 cm³/mol. The molecule has 1 atom stereocenters. The third kappa shape index (κ3) is 4.08. The molecule has 0 aromatic heterocycles. The summed E-state index contributed by atoms with van der Waals surface area (Å²) >= 11 is 0. The van der Waals surface area contributed by atoms with E-state index in [0.29, 0.717) is 7.57 Å². The van der Waals surface area contributed by atoms with Gasteiger partial charge in [0, 0.05) is 16.1 Å². The van der Waals surface area contributed by atoms with Crippen molar-refractivity contribution in [2.45, 2.75) is 44.2 Å². The lowest BCUT2D eigenvalue weighted by Gasteiger charge is -2.46. The molecule has 0 N–H and O–H groups in total. The lowest BCUT2D eigenvalue weighted by atomic mass is 10.4. The Labute approximate surface area is 111 Å². The summed E-state index contributed by atoms with van der Waals surface area (Å²) in [5.41, 5.74) is 0. The molecule has 4 heteroatoms. The molecular weight excluding hydrogens is 254 g/mol. The molecule has 0 radical (unpaired) electrons. The molecular formula is C13H27BPSi2-. The van der Waals surface area contributed by atoms with E-state index in [1.54, 1.807) is 5.30 Å². The lowest BCUT2D eigenvalue weighted by Crippen LogP contribution is -2.53. The second kappa shape index (κ2) is 5.42. The SMILES string of the molecule is [BH3-]P(c1ccccc1)C([Si](C)(C)C)[Si](C)(C)C. The van der Waals surface area contributed by atoms with Crippen LogP contribution in [0.4, 0.5) is 0 Å². The Kier molecular flexibility index (Phi) is 4.85. The van der Waals surface area contributed by atoms with Crippen LogP contribution in [0.2, 0.25) is 39.3 Å². The van der Waals surface area contributed by atoms with Crippen LogP contribution in [0.5, 0.6) is 0 Å². The summed E-state index contributed by atoms with van der Waals surface area (Å²) in [6, 6.07) is 11.4. The van der Waals surface area contributed by atoms with E-state index in [0.717, 1.165) is 4.91 Å². The Hall–Kier alpha value is 0.149. The molecule has 0 aliphatic rings. The fourth-order valence-corrected chi connectivity index (χ4v) is 17.4. The first-order chi connectivity index (χ1) is 7.64. The van der Waals surface area contributed by atoms with Gasteiger partial charge in [-0.2, -0.15) is 0 Å². The molecule has 1 rings (SSSR count). The summed E-state index contributed by atoms with van der Waals surface area (Å²) < 4.78 is 0. The monoisotopic (exact) mass is 281 g/mol. The Morgan fingerprint density at radius 2 is 1.29 bits per heavy atom. The molecule has 96 valence electrons. The molecule has 0 heterocycles. The van der Waals surface area contributed by atoms with Crippen LogP contribution in [-0.2, 0) is 0 Å². The zero-order valence-corrected chi connectivity index (χ0v) is 14.3. The van der Waals surface area contributed by atoms with Gasteiger partial charge in [-0.1, -0.05) is 79.8 Å². The zero-order chi connectivity index (χ0) is 13.3. The number of hydrogen-bond donors (Lipinski definition) is 0. The first-order valence-corrected chi connectivity index (χ1v) is 14.1. The first-order valence-electron chi connectivity index (χ1n) is 5.97. The fraction of sp³-hybridized carbons (Fsp3) is 0.538. The Morgan fingerprint density at radius 3 is 1.65 bits per heavy atom. The van der Waals surface area contributed by atoms with Crippen molar-refractivity contribution in [1.82, 2.24) is 0 Å². The average molecular weight is 281 g/mol. The molecule has 1 aromatic carbocycles. The van der Waals surface area contributed by atoms with Crippen molar-refractivity contribution >= 4 is 36.8 Å². The van der Waals surface area contributed by atoms with E-state index in [-0.39, 0.29) is 7.80 Å². The minimum atomic E-state index is -1.01. The minimum Gasteiger partial charge on any atom is -0.259 e. The zero-order valence-electron chi connectivity index (χ0n) is 11.4. The van der Waals surface area contributed by atoms with E-state index in [1.807, 2.05) is 0 Å². The molecule has 0 aliphatic heterocycles. The van der Waals surface area contributed by atoms with Crippen LogP contribution in [0.1, 0.15) is 0 Å². The third-order valence-electron chi connectivity index (χ3n) is 2.67. The van der Waals surface area contributed by atoms with Crippen molar-refractivity contribution in [1.29, 1.82) is 0 Å². The van der Waals surface area contributed by atoms with Crippen LogP contribution in [-0.4, -0.2) is 28.6 Å². The predicted octanol–water partition coefficient (Wildman–Crippen LogP) is 3.20. The molecule has 0 saturated carbocycles. The number of hydrogen-bond acceptors (Lipinski definition) is 0. The maximum atomic E-state index is 2.59. The van der Waals surface area contributed by atoms with Crippen molar-refractivity contribution in [2.75, 3.05) is 0 Å². The normalized spacial score (nSPS) is 15.1. The maximum Gasteiger partial charge on any atom is 0.0460 e. The summed E-state index contributed by atoms with van der Waals surface area (Å²) in [5, 5.41) is 1.71. The Morgan fingerprint density at radius 1 is 0.882 bits per heavy atom. The highest BCUT2D eigenvalue weighted by molar-refractivity contribution is 7.92. The van der Waals surface area contributed by atoms with Crippen molar-refractivity contribution in [3.63, 3.8) is 0 Å². The molecule has 0 aliphatic carbocycles. The Balaban J connectivity index is 3.09. The molecule has 17 heavy (non-hydrogen) atoms. The second-order valence-electron chi connectivity index (χ2n) is 6.60. The van der Waals surface area contributed by atoms with Crippen LogP contribution in [0, 0.1) is 0 Å². The van der Waals surface area contributed by atoms with Crippen molar-refractivity contribution in [3.8, 4) is 0 Å². The molecule has 1 aromatic rings. The summed E-state index contributed by atoms with van der Waals surface area (Å²) in [4.78, 5) is 1.12. The van der Waals surface area contributed by atoms with Crippen LogP contribution >= 0.6 is 7.80 Å². The summed E-state index contributed by atoms with van der Waals surface area (Å²) in [6.07, 6.45) is 0. The molecule has 0 nitrogen and oxygen atoms in total. The van der Waals surface area contributed by atoms with Crippen molar-refractivity contribution in [2.24, 2.45) is 0 Å². The highest BCUT2D eigenvalue weighted by Gasteiger charge is 2.38. The topological polar surface area (TPSA) is 0 Å². The number of rotatable bonds is 4. The van der Waals surface area contributed by atoms with Gasteiger partial charge in [0.25, 0.3) is 0 Å². The average Bonchev–Trinajstić information content (AvgIpc) is 2.14. The molecule has 0 bridgehead atoms. The van der Waals surface area contributed by atoms with E-state index < -0.39 is 16.1 Å². The highest BCUT2D eigenvalue weighted by atomic mass is 31.1. The van der Waals surface area contributed by atoms with Crippen molar-refractivity contribution < 1.29 is 0 Å². The van der Waals surface area contributed by atoms with Gasteiger partial charge in [0.2, 0.25) is 0 Å². The quantitative estimate of drug-likeness (QED) is 0.587. The lowest BCUT2D eigenvalue weighted by molar-refractivity contribution is 1.46. The van der Waals surface area contributed by atoms with Crippen LogP contribution in [0.3, 0.4) is 0 Å². The van der Waals surface area contributed by atoms with Crippen LogP contribution in [0.25, 0.3) is 0 Å². The smallest absolute Gasteiger partial charge is 0.0460 e.